The fourth-order valence-electron chi connectivity index (χ4n) is 6.47. The van der Waals surface area contributed by atoms with Gasteiger partial charge in [0.1, 0.15) is 24.1 Å². The number of carbonyl (C=O) groups is 2. The number of likely N-dealkylation sites (N-methyl/N-ethyl adjacent to an activating group) is 1. The third-order valence-corrected chi connectivity index (χ3v) is 11.3. The third-order valence-electron chi connectivity index (χ3n) is 9.00. The van der Waals surface area contributed by atoms with Crippen molar-refractivity contribution in [1.82, 2.24) is 34.0 Å². The van der Waals surface area contributed by atoms with Crippen LogP contribution in [0.15, 0.2) is 36.8 Å². The summed E-state index contributed by atoms with van der Waals surface area (Å²) in [6.07, 6.45) is 3.56. The number of halogens is 1. The molecule has 258 valence electrons. The Hall–Kier alpha value is -5.02. The molecule has 4 aromatic rings. The van der Waals surface area contributed by atoms with Crippen LogP contribution in [0.25, 0.3) is 22.8 Å². The Bertz CT molecular complexity index is 2190. The van der Waals surface area contributed by atoms with Crippen LogP contribution in [0.3, 0.4) is 0 Å². The Morgan fingerprint density at radius 2 is 1.94 bits per heavy atom. The van der Waals surface area contributed by atoms with E-state index in [2.05, 4.69) is 20.4 Å². The van der Waals surface area contributed by atoms with Gasteiger partial charge in [-0.1, -0.05) is 11.6 Å². The molecule has 0 unspecified atom stereocenters. The van der Waals surface area contributed by atoms with Gasteiger partial charge in [-0.25, -0.2) is 19.9 Å². The van der Waals surface area contributed by atoms with Crippen LogP contribution < -0.4 is 14.5 Å². The van der Waals surface area contributed by atoms with Crippen molar-refractivity contribution in [3.63, 3.8) is 0 Å². The van der Waals surface area contributed by atoms with E-state index in [0.29, 0.717) is 66.0 Å². The predicted molar refractivity (Wildman–Crippen MR) is 182 cm³/mol. The van der Waals surface area contributed by atoms with Gasteiger partial charge in [0.25, 0.3) is 5.91 Å². The number of pyridine rings is 1. The van der Waals surface area contributed by atoms with Crippen molar-refractivity contribution in [2.24, 2.45) is 0 Å². The van der Waals surface area contributed by atoms with Gasteiger partial charge in [-0.15, -0.1) is 5.10 Å². The van der Waals surface area contributed by atoms with Crippen LogP contribution in [0, 0.1) is 25.2 Å². The number of rotatable bonds is 9. The van der Waals surface area contributed by atoms with Crippen LogP contribution in [0.5, 0.6) is 0 Å². The maximum absolute atomic E-state index is 13.5. The van der Waals surface area contributed by atoms with Crippen molar-refractivity contribution in [3.8, 4) is 28.8 Å². The highest BCUT2D eigenvalue weighted by atomic mass is 35.5. The molecule has 2 saturated heterocycles. The van der Waals surface area contributed by atoms with Gasteiger partial charge in [-0.05, 0) is 63.4 Å². The van der Waals surface area contributed by atoms with Crippen molar-refractivity contribution >= 4 is 50.9 Å². The molecule has 1 N–H and O–H groups in total. The first kappa shape index (κ1) is 33.5. The average Bonchev–Trinajstić information content (AvgIpc) is 3.80. The molecule has 3 aliphatic rings. The maximum Gasteiger partial charge on any atom is 0.311 e. The van der Waals surface area contributed by atoms with E-state index < -0.39 is 28.3 Å². The molecule has 0 saturated carbocycles. The van der Waals surface area contributed by atoms with Gasteiger partial charge >= 0.3 is 10.2 Å². The Morgan fingerprint density at radius 1 is 1.12 bits per heavy atom. The topological polar surface area (TPSA) is 192 Å². The number of nitriles is 1. The van der Waals surface area contributed by atoms with E-state index in [4.69, 9.17) is 26.3 Å². The van der Waals surface area contributed by atoms with E-state index in [9.17, 15) is 23.3 Å². The van der Waals surface area contributed by atoms with Crippen molar-refractivity contribution in [2.75, 3.05) is 40.8 Å². The number of fused-ring (bicyclic) bond motifs is 2. The van der Waals surface area contributed by atoms with E-state index in [1.165, 1.54) is 16.4 Å². The molecular formula is C32H32ClN11O5S. The minimum absolute atomic E-state index is 0.0667. The molecule has 0 aliphatic carbocycles. The zero-order valence-corrected chi connectivity index (χ0v) is 28.9. The zero-order chi connectivity index (χ0) is 35.3. The first-order valence-electron chi connectivity index (χ1n) is 16.0. The summed E-state index contributed by atoms with van der Waals surface area (Å²) in [6, 6.07) is 7.49. The molecule has 3 aliphatic heterocycles. The number of aryl methyl sites for hydroxylation is 2. The second kappa shape index (κ2) is 13.0. The van der Waals surface area contributed by atoms with Gasteiger partial charge in [0.2, 0.25) is 5.91 Å². The summed E-state index contributed by atoms with van der Waals surface area (Å²) in [7, 11) is -4.14. The number of hydrogen-bond acceptors (Lipinski definition) is 12. The predicted octanol–water partition coefficient (Wildman–Crippen LogP) is 2.86. The molecule has 1 aromatic carbocycles. The van der Waals surface area contributed by atoms with Crippen molar-refractivity contribution in [1.29, 1.82) is 5.26 Å². The average molecular weight is 718 g/mol. The molecule has 0 spiro atoms. The van der Waals surface area contributed by atoms with Crippen LogP contribution in [0.2, 0.25) is 5.02 Å². The molecule has 2 atom stereocenters. The Morgan fingerprint density at radius 3 is 2.70 bits per heavy atom. The Kier molecular flexibility index (Phi) is 8.72. The quantitative estimate of drug-likeness (QED) is 0.249. The lowest BCUT2D eigenvalue weighted by atomic mass is 10.1. The molecule has 0 bridgehead atoms. The van der Waals surface area contributed by atoms with Gasteiger partial charge in [0.05, 0.1) is 40.8 Å². The number of ether oxygens (including phenoxy) is 1. The lowest BCUT2D eigenvalue weighted by molar-refractivity contribution is -0.122. The normalized spacial score (nSPS) is 19.7. The van der Waals surface area contributed by atoms with E-state index in [1.807, 2.05) is 32.0 Å². The fourth-order valence-corrected chi connectivity index (χ4v) is 8.52. The van der Waals surface area contributed by atoms with Gasteiger partial charge in [0.15, 0.2) is 17.5 Å². The monoisotopic (exact) mass is 717 g/mol. The third kappa shape index (κ3) is 5.63. The standard InChI is InChI=1S/C32H32ClN11O5S/c1-4-42-26(45)16-36-30-31(42)39-23(15-35-30)21-7-8-22(38-19(21)3)29-37-17-41(40-29)11-5-13-49-25-10-12-43-28(25)32(46)44(50(43,47)48)24-9-6-20(14-34)27(33)18(24)2/h6-9,15,17,25,28H,4-5,10-13,16H2,1-3H3,(H,35,36)/t25-,28+/m0/s1. The smallest absolute Gasteiger partial charge is 0.311 e. The minimum atomic E-state index is -4.14. The Labute approximate surface area is 292 Å². The van der Waals surface area contributed by atoms with Crippen molar-refractivity contribution in [3.05, 3.63) is 58.6 Å². The molecule has 2 fully saturated rings. The molecule has 50 heavy (non-hydrogen) atoms. The lowest BCUT2D eigenvalue weighted by Crippen LogP contribution is -2.40. The first-order chi connectivity index (χ1) is 24.0. The van der Waals surface area contributed by atoms with Gasteiger partial charge in [-0.2, -0.15) is 22.3 Å². The first-order valence-corrected chi connectivity index (χ1v) is 17.8. The van der Waals surface area contributed by atoms with E-state index >= 15 is 0 Å². The number of aromatic nitrogens is 6. The minimum Gasteiger partial charge on any atom is -0.376 e. The molecule has 6 heterocycles. The van der Waals surface area contributed by atoms with E-state index in [1.54, 1.807) is 29.0 Å². The van der Waals surface area contributed by atoms with Crippen LogP contribution in [-0.4, -0.2) is 92.6 Å². The summed E-state index contributed by atoms with van der Waals surface area (Å²) in [5, 5.41) is 16.9. The number of carbonyl (C=O) groups excluding carboxylic acids is 2. The summed E-state index contributed by atoms with van der Waals surface area (Å²) >= 11 is 6.28. The highest BCUT2D eigenvalue weighted by Gasteiger charge is 2.58. The number of hydrogen-bond donors (Lipinski definition) is 1. The van der Waals surface area contributed by atoms with Gasteiger partial charge in [0, 0.05) is 37.5 Å². The largest absolute Gasteiger partial charge is 0.376 e. The van der Waals surface area contributed by atoms with Crippen LogP contribution >= 0.6 is 11.6 Å². The molecule has 18 heteroatoms. The van der Waals surface area contributed by atoms with Crippen molar-refractivity contribution in [2.45, 2.75) is 52.3 Å². The van der Waals surface area contributed by atoms with Gasteiger partial charge < -0.3 is 10.1 Å². The van der Waals surface area contributed by atoms with E-state index in [0.717, 1.165) is 9.87 Å². The molecule has 3 aromatic heterocycles. The number of benzene rings is 1. The summed E-state index contributed by atoms with van der Waals surface area (Å²) in [4.78, 5) is 45.7. The highest BCUT2D eigenvalue weighted by Crippen LogP contribution is 2.40. The SMILES string of the molecule is CCN1C(=O)CNc2ncc(-c3ccc(-c4ncn(CCCO[C@H]5CCN6[C@H]5C(=O)N(c5ccc(C#N)c(Cl)c5C)S6(=O)=O)n4)nc3C)nc21. The highest BCUT2D eigenvalue weighted by molar-refractivity contribution is 7.91. The van der Waals surface area contributed by atoms with Crippen LogP contribution in [0.4, 0.5) is 17.3 Å². The molecular weight excluding hydrogens is 686 g/mol. The van der Waals surface area contributed by atoms with E-state index in [-0.39, 0.29) is 41.9 Å². The molecule has 16 nitrogen and oxygen atoms in total. The zero-order valence-electron chi connectivity index (χ0n) is 27.4. The Balaban J connectivity index is 0.976. The summed E-state index contributed by atoms with van der Waals surface area (Å²) in [5.74, 6) is 0.818. The number of anilines is 3. The maximum atomic E-state index is 13.5. The second-order valence-corrected chi connectivity index (χ2v) is 14.1. The van der Waals surface area contributed by atoms with Gasteiger partial charge in [-0.3, -0.25) is 19.2 Å². The fraction of sp³-hybridized carbons (Fsp3) is 0.375. The summed E-state index contributed by atoms with van der Waals surface area (Å²) in [5.41, 5.74) is 3.29. The van der Waals surface area contributed by atoms with Crippen LogP contribution in [-0.2, 0) is 31.1 Å². The molecule has 2 amide bonds. The summed E-state index contributed by atoms with van der Waals surface area (Å²) in [6.45, 7) is 6.88. The number of amides is 2. The summed E-state index contributed by atoms with van der Waals surface area (Å²) < 4.78 is 36.5. The number of nitrogens with zero attached hydrogens (tertiary/aromatic N) is 10. The molecule has 0 radical (unpaired) electrons. The van der Waals surface area contributed by atoms with Crippen molar-refractivity contribution < 1.29 is 22.7 Å². The second-order valence-electron chi connectivity index (χ2n) is 12.0. The number of nitrogens with one attached hydrogen (secondary N) is 1. The van der Waals surface area contributed by atoms with Crippen LogP contribution in [0.1, 0.15) is 36.6 Å². The lowest BCUT2D eigenvalue weighted by Gasteiger charge is -2.27. The molecule has 7 rings (SSSR count).